The third-order valence-electron chi connectivity index (χ3n) is 3.30. The maximum atomic E-state index is 13.1. The third kappa shape index (κ3) is 3.87. The maximum absolute atomic E-state index is 13.1. The number of amides is 1. The van der Waals surface area contributed by atoms with Crippen molar-refractivity contribution in [3.63, 3.8) is 0 Å². The molecular weight excluding hydrogens is 314 g/mol. The van der Waals surface area contributed by atoms with Crippen LogP contribution in [0.25, 0.3) is 0 Å². The molecule has 1 aliphatic carbocycles. The Kier molecular flexibility index (Phi) is 4.13. The van der Waals surface area contributed by atoms with Crippen LogP contribution in [0.3, 0.4) is 0 Å². The van der Waals surface area contributed by atoms with E-state index >= 15 is 0 Å². The first-order chi connectivity index (χ1) is 9.90. The van der Waals surface area contributed by atoms with E-state index in [2.05, 4.69) is 5.32 Å². The highest BCUT2D eigenvalue weighted by Gasteiger charge is 2.55. The number of carbonyl (C=O) groups is 1. The van der Waals surface area contributed by atoms with Crippen LogP contribution in [0.4, 0.5) is 19.3 Å². The van der Waals surface area contributed by atoms with Crippen LogP contribution < -0.4 is 11.1 Å². The quantitative estimate of drug-likeness (QED) is 0.850. The fraction of sp³-hybridized carbons (Fsp3) is 0.533. The van der Waals surface area contributed by atoms with Gasteiger partial charge in [0.15, 0.2) is 0 Å². The zero-order valence-electron chi connectivity index (χ0n) is 12.7. The van der Waals surface area contributed by atoms with E-state index in [0.29, 0.717) is 16.3 Å². The van der Waals surface area contributed by atoms with Gasteiger partial charge in [0.2, 0.25) is 0 Å². The molecule has 2 rings (SSSR count). The Bertz CT molecular complexity index is 592. The van der Waals surface area contributed by atoms with Crippen LogP contribution in [0.15, 0.2) is 18.2 Å². The normalized spacial score (nSPS) is 19.2. The summed E-state index contributed by atoms with van der Waals surface area (Å²) in [7, 11) is 0. The van der Waals surface area contributed by atoms with Crippen LogP contribution in [0.5, 0.6) is 0 Å². The molecule has 7 heteroatoms. The number of nitrogens with two attached hydrogens (primary N) is 1. The first-order valence-corrected chi connectivity index (χ1v) is 7.25. The number of ether oxygens (including phenoxy) is 1. The lowest BCUT2D eigenvalue weighted by Crippen LogP contribution is -2.55. The van der Waals surface area contributed by atoms with Crippen LogP contribution >= 0.6 is 11.6 Å². The zero-order chi connectivity index (χ0) is 16.8. The number of anilines is 1. The van der Waals surface area contributed by atoms with Gasteiger partial charge in [-0.15, -0.1) is 0 Å². The molecule has 1 aliphatic rings. The lowest BCUT2D eigenvalue weighted by Gasteiger charge is -2.45. The Morgan fingerprint density at radius 3 is 2.45 bits per heavy atom. The second-order valence-corrected chi connectivity index (χ2v) is 7.09. The van der Waals surface area contributed by atoms with Crippen LogP contribution in [0.1, 0.15) is 39.2 Å². The van der Waals surface area contributed by atoms with Gasteiger partial charge in [0.05, 0.1) is 5.54 Å². The van der Waals surface area contributed by atoms with Crippen molar-refractivity contribution in [1.29, 1.82) is 0 Å². The molecule has 1 aromatic rings. The molecule has 0 bridgehead atoms. The monoisotopic (exact) mass is 332 g/mol. The minimum atomic E-state index is -2.77. The Labute approximate surface area is 133 Å². The first-order valence-electron chi connectivity index (χ1n) is 6.87. The maximum Gasteiger partial charge on any atom is 0.412 e. The van der Waals surface area contributed by atoms with E-state index < -0.39 is 36.0 Å². The summed E-state index contributed by atoms with van der Waals surface area (Å²) in [6.07, 6.45) is -1.56. The zero-order valence-corrected chi connectivity index (χ0v) is 13.4. The first kappa shape index (κ1) is 17.0. The SMILES string of the molecule is CC(C)(C)OC(=O)Nc1ccc(Cl)c(C2(N)CC(F)(F)C2)c1. The number of alkyl halides is 2. The Hall–Kier alpha value is -1.40. The van der Waals surface area contributed by atoms with Crippen molar-refractivity contribution >= 4 is 23.4 Å². The van der Waals surface area contributed by atoms with Gasteiger partial charge in [0.25, 0.3) is 5.92 Å². The number of nitrogens with one attached hydrogen (secondary N) is 1. The fourth-order valence-corrected chi connectivity index (χ4v) is 2.77. The van der Waals surface area contributed by atoms with E-state index in [1.165, 1.54) is 12.1 Å². The minimum absolute atomic E-state index is 0.299. The van der Waals surface area contributed by atoms with Crippen molar-refractivity contribution in [2.45, 2.75) is 50.7 Å². The summed E-state index contributed by atoms with van der Waals surface area (Å²) in [5.74, 6) is -2.77. The van der Waals surface area contributed by atoms with E-state index in [0.717, 1.165) is 0 Å². The van der Waals surface area contributed by atoms with E-state index in [1.54, 1.807) is 26.8 Å². The molecule has 1 fully saturated rings. The van der Waals surface area contributed by atoms with E-state index in [1.807, 2.05) is 0 Å². The lowest BCUT2D eigenvalue weighted by atomic mass is 9.70. The molecule has 4 nitrogen and oxygen atoms in total. The molecule has 1 amide bonds. The summed E-state index contributed by atoms with van der Waals surface area (Å²) in [6, 6.07) is 4.60. The fourth-order valence-electron chi connectivity index (χ4n) is 2.47. The molecule has 0 radical (unpaired) electrons. The molecule has 0 aromatic heterocycles. The van der Waals surface area contributed by atoms with Crippen LogP contribution in [-0.2, 0) is 10.3 Å². The second-order valence-electron chi connectivity index (χ2n) is 6.69. The molecule has 3 N–H and O–H groups in total. The van der Waals surface area contributed by atoms with Gasteiger partial charge in [-0.3, -0.25) is 5.32 Å². The number of carbonyl (C=O) groups excluding carboxylic acids is 1. The number of halogens is 3. The lowest BCUT2D eigenvalue weighted by molar-refractivity contribution is -0.125. The molecule has 1 saturated carbocycles. The Morgan fingerprint density at radius 1 is 1.36 bits per heavy atom. The van der Waals surface area contributed by atoms with Gasteiger partial charge in [0, 0.05) is 23.6 Å². The number of hydrogen-bond acceptors (Lipinski definition) is 3. The molecule has 0 unspecified atom stereocenters. The molecule has 122 valence electrons. The molecule has 0 atom stereocenters. The summed E-state index contributed by atoms with van der Waals surface area (Å²) in [5, 5.41) is 2.84. The summed E-state index contributed by atoms with van der Waals surface area (Å²) in [5.41, 5.74) is 4.98. The largest absolute Gasteiger partial charge is 0.444 e. The van der Waals surface area contributed by atoms with Crippen LogP contribution in [-0.4, -0.2) is 17.6 Å². The Morgan fingerprint density at radius 2 is 1.95 bits per heavy atom. The van der Waals surface area contributed by atoms with Gasteiger partial charge in [-0.25, -0.2) is 13.6 Å². The number of rotatable bonds is 2. The standard InChI is InChI=1S/C15H19ClF2N2O2/c1-13(2,3)22-12(21)20-9-4-5-11(16)10(6-9)14(19)7-15(17,18)8-14/h4-6H,7-8,19H2,1-3H3,(H,20,21). The molecule has 22 heavy (non-hydrogen) atoms. The van der Waals surface area contributed by atoms with Gasteiger partial charge in [0.1, 0.15) is 5.60 Å². The highest BCUT2D eigenvalue weighted by Crippen LogP contribution is 2.51. The van der Waals surface area contributed by atoms with Crippen LogP contribution in [0, 0.1) is 0 Å². The van der Waals surface area contributed by atoms with Gasteiger partial charge >= 0.3 is 6.09 Å². The van der Waals surface area contributed by atoms with E-state index in [9.17, 15) is 13.6 Å². The van der Waals surface area contributed by atoms with Crippen molar-refractivity contribution in [3.8, 4) is 0 Å². The molecule has 0 saturated heterocycles. The molecule has 0 spiro atoms. The van der Waals surface area contributed by atoms with Crippen molar-refractivity contribution in [2.75, 3.05) is 5.32 Å². The molecular formula is C15H19ClF2N2O2. The van der Waals surface area contributed by atoms with E-state index in [-0.39, 0.29) is 0 Å². The van der Waals surface area contributed by atoms with Crippen molar-refractivity contribution < 1.29 is 18.3 Å². The van der Waals surface area contributed by atoms with Gasteiger partial charge in [-0.05, 0) is 44.5 Å². The van der Waals surface area contributed by atoms with E-state index in [4.69, 9.17) is 22.1 Å². The predicted molar refractivity (Wildman–Crippen MR) is 81.4 cm³/mol. The number of benzene rings is 1. The minimum Gasteiger partial charge on any atom is -0.444 e. The highest BCUT2D eigenvalue weighted by molar-refractivity contribution is 6.31. The average Bonchev–Trinajstić information content (AvgIpc) is 2.26. The number of hydrogen-bond donors (Lipinski definition) is 2. The van der Waals surface area contributed by atoms with Crippen molar-refractivity contribution in [2.24, 2.45) is 5.73 Å². The Balaban J connectivity index is 2.16. The summed E-state index contributed by atoms with van der Waals surface area (Å²) in [6.45, 7) is 5.22. The summed E-state index contributed by atoms with van der Waals surface area (Å²) in [4.78, 5) is 11.7. The van der Waals surface area contributed by atoms with Crippen molar-refractivity contribution in [3.05, 3.63) is 28.8 Å². The molecule has 1 aromatic carbocycles. The van der Waals surface area contributed by atoms with Gasteiger partial charge < -0.3 is 10.5 Å². The van der Waals surface area contributed by atoms with Gasteiger partial charge in [-0.2, -0.15) is 0 Å². The molecule has 0 heterocycles. The predicted octanol–water partition coefficient (Wildman–Crippen LogP) is 4.27. The smallest absolute Gasteiger partial charge is 0.412 e. The van der Waals surface area contributed by atoms with Crippen molar-refractivity contribution in [1.82, 2.24) is 0 Å². The second kappa shape index (κ2) is 5.35. The summed E-state index contributed by atoms with van der Waals surface area (Å²) < 4.78 is 31.4. The average molecular weight is 333 g/mol. The molecule has 0 aliphatic heterocycles. The van der Waals surface area contributed by atoms with Crippen LogP contribution in [0.2, 0.25) is 5.02 Å². The third-order valence-corrected chi connectivity index (χ3v) is 3.63. The highest BCUT2D eigenvalue weighted by atomic mass is 35.5. The summed E-state index contributed by atoms with van der Waals surface area (Å²) >= 11 is 6.06. The topological polar surface area (TPSA) is 64.3 Å². The van der Waals surface area contributed by atoms with Gasteiger partial charge in [-0.1, -0.05) is 11.6 Å².